The lowest BCUT2D eigenvalue weighted by Crippen LogP contribution is -2.44. The van der Waals surface area contributed by atoms with Gasteiger partial charge in [0.1, 0.15) is 0 Å². The molecule has 0 amide bonds. The lowest BCUT2D eigenvalue weighted by Gasteiger charge is -2.31. The molecule has 2 aliphatic rings. The van der Waals surface area contributed by atoms with Gasteiger partial charge in [-0.05, 0) is 57.1 Å². The van der Waals surface area contributed by atoms with Crippen LogP contribution in [-0.2, 0) is 11.2 Å². The molecule has 156 valence electrons. The lowest BCUT2D eigenvalue weighted by atomic mass is 10.2. The third-order valence-electron chi connectivity index (χ3n) is 4.94. The SMILES string of the molecule is CCCN1CCN(C)CC1.CCCN1CCOCC1.CCc1ccncc1. The Balaban J connectivity index is 0.000000204. The standard InChI is InChI=1S/C8H18N2.C7H15NO.C7H9N/c1-3-4-10-7-5-9(2)6-8-10;1-2-3-8-4-6-9-7-5-8;1-2-7-3-5-8-6-4-7/h3-8H2,1-2H3;2-7H2,1H3;3-6H,2H2,1H3. The highest BCUT2D eigenvalue weighted by Crippen LogP contribution is 1.99. The molecular formula is C22H42N4O. The highest BCUT2D eigenvalue weighted by atomic mass is 16.5. The first-order valence-corrected chi connectivity index (χ1v) is 10.8. The van der Waals surface area contributed by atoms with Gasteiger partial charge in [-0.2, -0.15) is 0 Å². The van der Waals surface area contributed by atoms with Gasteiger partial charge in [-0.25, -0.2) is 0 Å². The number of nitrogens with zero attached hydrogens (tertiary/aromatic N) is 4. The number of aromatic nitrogens is 1. The quantitative estimate of drug-likeness (QED) is 0.786. The normalized spacial score (nSPS) is 18.8. The molecule has 2 aliphatic heterocycles. The number of pyridine rings is 1. The number of ether oxygens (including phenoxy) is 1. The minimum absolute atomic E-state index is 0.931. The maximum Gasteiger partial charge on any atom is 0.0594 e. The first kappa shape index (κ1) is 24.0. The summed E-state index contributed by atoms with van der Waals surface area (Å²) >= 11 is 0. The summed E-state index contributed by atoms with van der Waals surface area (Å²) in [5.41, 5.74) is 1.35. The van der Waals surface area contributed by atoms with Gasteiger partial charge in [0.25, 0.3) is 0 Å². The summed E-state index contributed by atoms with van der Waals surface area (Å²) in [6.45, 7) is 18.3. The van der Waals surface area contributed by atoms with Gasteiger partial charge in [0.2, 0.25) is 0 Å². The van der Waals surface area contributed by atoms with E-state index in [-0.39, 0.29) is 0 Å². The van der Waals surface area contributed by atoms with Crippen molar-refractivity contribution in [2.24, 2.45) is 0 Å². The molecule has 1 aromatic rings. The molecule has 27 heavy (non-hydrogen) atoms. The molecule has 2 saturated heterocycles. The molecule has 3 rings (SSSR count). The predicted octanol–water partition coefficient (Wildman–Crippen LogP) is 3.02. The van der Waals surface area contributed by atoms with Gasteiger partial charge < -0.3 is 14.5 Å². The molecule has 0 unspecified atom stereocenters. The topological polar surface area (TPSA) is 31.8 Å². The van der Waals surface area contributed by atoms with E-state index < -0.39 is 0 Å². The van der Waals surface area contributed by atoms with Gasteiger partial charge in [-0.1, -0.05) is 20.8 Å². The van der Waals surface area contributed by atoms with Crippen LogP contribution in [0.2, 0.25) is 0 Å². The van der Waals surface area contributed by atoms with Crippen LogP contribution in [0.4, 0.5) is 0 Å². The fraction of sp³-hybridized carbons (Fsp3) is 0.773. The van der Waals surface area contributed by atoms with E-state index in [9.17, 15) is 0 Å². The maximum absolute atomic E-state index is 5.20. The number of hydrogen-bond donors (Lipinski definition) is 0. The van der Waals surface area contributed by atoms with Crippen molar-refractivity contribution in [3.05, 3.63) is 30.1 Å². The number of aryl methyl sites for hydroxylation is 1. The molecule has 5 nitrogen and oxygen atoms in total. The number of morpholine rings is 1. The van der Waals surface area contributed by atoms with E-state index in [0.29, 0.717) is 0 Å². The van der Waals surface area contributed by atoms with Crippen LogP contribution >= 0.6 is 0 Å². The van der Waals surface area contributed by atoms with Crippen LogP contribution in [-0.4, -0.2) is 92.3 Å². The molecule has 0 aliphatic carbocycles. The average molecular weight is 379 g/mol. The van der Waals surface area contributed by atoms with Gasteiger partial charge in [0.05, 0.1) is 13.2 Å². The number of hydrogen-bond acceptors (Lipinski definition) is 5. The first-order valence-electron chi connectivity index (χ1n) is 10.8. The van der Waals surface area contributed by atoms with Crippen molar-refractivity contribution in [1.82, 2.24) is 19.7 Å². The summed E-state index contributed by atoms with van der Waals surface area (Å²) in [5, 5.41) is 0. The Morgan fingerprint density at radius 2 is 1.33 bits per heavy atom. The van der Waals surface area contributed by atoms with Gasteiger partial charge in [0.15, 0.2) is 0 Å². The van der Waals surface area contributed by atoms with Crippen LogP contribution in [0, 0.1) is 0 Å². The number of piperazine rings is 1. The molecule has 0 radical (unpaired) electrons. The van der Waals surface area contributed by atoms with Gasteiger partial charge >= 0.3 is 0 Å². The summed E-state index contributed by atoms with van der Waals surface area (Å²) in [5.74, 6) is 0. The second-order valence-corrected chi connectivity index (χ2v) is 7.31. The molecule has 2 fully saturated rings. The Morgan fingerprint density at radius 1 is 0.815 bits per heavy atom. The zero-order valence-electron chi connectivity index (χ0n) is 18.2. The summed E-state index contributed by atoms with van der Waals surface area (Å²) < 4.78 is 5.20. The van der Waals surface area contributed by atoms with E-state index in [4.69, 9.17) is 4.74 Å². The Bertz CT molecular complexity index is 426. The van der Waals surface area contributed by atoms with Crippen LogP contribution in [0.5, 0.6) is 0 Å². The molecule has 0 aromatic carbocycles. The van der Waals surface area contributed by atoms with Crippen molar-refractivity contribution >= 4 is 0 Å². The van der Waals surface area contributed by atoms with Crippen LogP contribution in [0.1, 0.15) is 39.2 Å². The van der Waals surface area contributed by atoms with Crippen molar-refractivity contribution < 1.29 is 4.74 Å². The van der Waals surface area contributed by atoms with E-state index in [1.807, 2.05) is 24.5 Å². The lowest BCUT2D eigenvalue weighted by molar-refractivity contribution is 0.0380. The zero-order chi connectivity index (χ0) is 19.7. The molecular weight excluding hydrogens is 336 g/mol. The Kier molecular flexibility index (Phi) is 14.2. The maximum atomic E-state index is 5.20. The summed E-state index contributed by atoms with van der Waals surface area (Å²) in [4.78, 5) is 11.3. The van der Waals surface area contributed by atoms with Gasteiger partial charge in [-0.15, -0.1) is 0 Å². The third-order valence-corrected chi connectivity index (χ3v) is 4.94. The van der Waals surface area contributed by atoms with Gasteiger partial charge in [-0.3, -0.25) is 9.88 Å². The molecule has 0 bridgehead atoms. The van der Waals surface area contributed by atoms with Crippen molar-refractivity contribution in [1.29, 1.82) is 0 Å². The summed E-state index contributed by atoms with van der Waals surface area (Å²) in [7, 11) is 2.20. The van der Waals surface area contributed by atoms with E-state index in [2.05, 4.69) is 47.5 Å². The Labute approximate surface area is 167 Å². The third kappa shape index (κ3) is 12.1. The van der Waals surface area contributed by atoms with Crippen molar-refractivity contribution in [3.63, 3.8) is 0 Å². The predicted molar refractivity (Wildman–Crippen MR) is 115 cm³/mol. The first-order chi connectivity index (χ1) is 13.2. The van der Waals surface area contributed by atoms with Crippen LogP contribution in [0.25, 0.3) is 0 Å². The second kappa shape index (κ2) is 16.0. The number of rotatable bonds is 5. The summed E-state index contributed by atoms with van der Waals surface area (Å²) in [6, 6.07) is 4.06. The largest absolute Gasteiger partial charge is 0.379 e. The minimum atomic E-state index is 0.931. The van der Waals surface area contributed by atoms with E-state index in [0.717, 1.165) is 32.7 Å². The van der Waals surface area contributed by atoms with E-state index in [1.54, 1.807) is 0 Å². The van der Waals surface area contributed by atoms with Crippen LogP contribution < -0.4 is 0 Å². The highest BCUT2D eigenvalue weighted by Gasteiger charge is 2.11. The van der Waals surface area contributed by atoms with Crippen LogP contribution in [0.15, 0.2) is 24.5 Å². The molecule has 0 spiro atoms. The Morgan fingerprint density at radius 3 is 1.78 bits per heavy atom. The minimum Gasteiger partial charge on any atom is -0.379 e. The smallest absolute Gasteiger partial charge is 0.0594 e. The Hall–Kier alpha value is -1.01. The van der Waals surface area contributed by atoms with Crippen molar-refractivity contribution in [3.8, 4) is 0 Å². The molecule has 0 atom stereocenters. The number of likely N-dealkylation sites (N-methyl/N-ethyl adjacent to an activating group) is 1. The van der Waals surface area contributed by atoms with Crippen molar-refractivity contribution in [2.45, 2.75) is 40.0 Å². The van der Waals surface area contributed by atoms with Gasteiger partial charge in [0, 0.05) is 51.7 Å². The fourth-order valence-corrected chi connectivity index (χ4v) is 3.15. The summed E-state index contributed by atoms with van der Waals surface area (Å²) in [6.07, 6.45) is 7.30. The molecule has 0 N–H and O–H groups in total. The molecule has 0 saturated carbocycles. The fourth-order valence-electron chi connectivity index (χ4n) is 3.15. The molecule has 5 heteroatoms. The van der Waals surface area contributed by atoms with E-state index >= 15 is 0 Å². The van der Waals surface area contributed by atoms with Crippen molar-refractivity contribution in [2.75, 3.05) is 72.6 Å². The highest BCUT2D eigenvalue weighted by molar-refractivity contribution is 5.08. The second-order valence-electron chi connectivity index (χ2n) is 7.31. The zero-order valence-corrected chi connectivity index (χ0v) is 18.2. The average Bonchev–Trinajstić information content (AvgIpc) is 2.73. The van der Waals surface area contributed by atoms with E-state index in [1.165, 1.54) is 57.7 Å². The molecule has 1 aromatic heterocycles. The van der Waals surface area contributed by atoms with Crippen LogP contribution in [0.3, 0.4) is 0 Å². The molecule has 3 heterocycles. The monoisotopic (exact) mass is 378 g/mol.